The van der Waals surface area contributed by atoms with Crippen LogP contribution in [0.5, 0.6) is 5.75 Å². The Bertz CT molecular complexity index is 1470. The van der Waals surface area contributed by atoms with Gasteiger partial charge in [0.1, 0.15) is 29.7 Å². The summed E-state index contributed by atoms with van der Waals surface area (Å²) in [5.74, 6) is -3.68. The standard InChI is InChI=1S/C40H63N5O9/c1-10-24(6)35-33(47)21-27(46)20-29(23(4)5)36(48)42-30(18-22(2)3)38(50)45-17-11-12-31(45)39(51)44(8)32(19-26-13-15-28(53-9)16-14-26)40(52)54-25(7)34(41)37(49)43-35/h13-16,22-25,29-35,47H,10-12,17-21,41H2,1-9H3,(H,42,48)(H,43,49)/p+1/t24-,25+,29-,30-,31-,32-,33-,34-,35+/m0/s1. The van der Waals surface area contributed by atoms with Crippen LogP contribution in [0.4, 0.5) is 0 Å². The van der Waals surface area contributed by atoms with Crippen molar-refractivity contribution >= 4 is 35.4 Å². The molecule has 14 nitrogen and oxygen atoms in total. The molecule has 0 saturated carbocycles. The Morgan fingerprint density at radius 2 is 1.61 bits per heavy atom. The van der Waals surface area contributed by atoms with Gasteiger partial charge in [-0.3, -0.25) is 24.0 Å². The van der Waals surface area contributed by atoms with Crippen molar-refractivity contribution in [1.82, 2.24) is 20.4 Å². The van der Waals surface area contributed by atoms with Gasteiger partial charge in [0.15, 0.2) is 6.10 Å². The second-order valence-corrected chi connectivity index (χ2v) is 15.9. The van der Waals surface area contributed by atoms with Crippen LogP contribution in [-0.4, -0.2) is 113 Å². The number of hydrogen-bond donors (Lipinski definition) is 4. The summed E-state index contributed by atoms with van der Waals surface area (Å²) in [6.07, 6.45) is -0.891. The maximum atomic E-state index is 14.3. The zero-order valence-electron chi connectivity index (χ0n) is 33.6. The number of ether oxygens (including phenoxy) is 2. The molecule has 2 fully saturated rings. The third kappa shape index (κ3) is 11.5. The Morgan fingerprint density at radius 3 is 2.19 bits per heavy atom. The first-order chi connectivity index (χ1) is 25.4. The van der Waals surface area contributed by atoms with Crippen molar-refractivity contribution in [1.29, 1.82) is 0 Å². The van der Waals surface area contributed by atoms with Crippen molar-refractivity contribution in [3.63, 3.8) is 0 Å². The zero-order chi connectivity index (χ0) is 40.4. The van der Waals surface area contributed by atoms with Gasteiger partial charge in [0.25, 0.3) is 5.91 Å². The third-order valence-corrected chi connectivity index (χ3v) is 11.0. The molecule has 6 N–H and O–H groups in total. The molecular formula is C40H64N5O9+. The van der Waals surface area contributed by atoms with Gasteiger partial charge in [0.05, 0.1) is 19.3 Å². The maximum absolute atomic E-state index is 14.3. The first-order valence-electron chi connectivity index (χ1n) is 19.4. The number of nitrogens with zero attached hydrogens (tertiary/aromatic N) is 2. The van der Waals surface area contributed by atoms with E-state index in [1.165, 1.54) is 23.8 Å². The van der Waals surface area contributed by atoms with Gasteiger partial charge >= 0.3 is 5.97 Å². The number of hydrogen-bond acceptors (Lipinski definition) is 9. The predicted molar refractivity (Wildman–Crippen MR) is 202 cm³/mol. The molecule has 0 radical (unpaired) electrons. The third-order valence-electron chi connectivity index (χ3n) is 11.0. The average molecular weight is 759 g/mol. The number of ketones is 1. The van der Waals surface area contributed by atoms with E-state index < -0.39 is 77.9 Å². The topological polar surface area (TPSA) is 199 Å². The fourth-order valence-corrected chi connectivity index (χ4v) is 7.23. The van der Waals surface area contributed by atoms with Gasteiger partial charge in [-0.1, -0.05) is 60.1 Å². The number of carbonyl (C=O) groups is 6. The van der Waals surface area contributed by atoms with E-state index >= 15 is 0 Å². The lowest BCUT2D eigenvalue weighted by atomic mass is 9.85. The van der Waals surface area contributed by atoms with Gasteiger partial charge in [-0.25, -0.2) is 4.79 Å². The van der Waals surface area contributed by atoms with E-state index in [0.29, 0.717) is 31.4 Å². The van der Waals surface area contributed by atoms with Crippen molar-refractivity contribution < 1.29 is 49.1 Å². The smallest absolute Gasteiger partial charge is 0.329 e. The van der Waals surface area contributed by atoms with Crippen molar-refractivity contribution in [2.75, 3.05) is 20.7 Å². The number of Topliss-reactive ketones (excluding diaryl/α,β-unsaturated/α-hetero) is 1. The molecule has 1 aromatic rings. The number of methoxy groups -OCH3 is 1. The second kappa shape index (κ2) is 20.0. The highest BCUT2D eigenvalue weighted by Gasteiger charge is 2.43. The van der Waals surface area contributed by atoms with Crippen LogP contribution >= 0.6 is 0 Å². The van der Waals surface area contributed by atoms with Crippen molar-refractivity contribution in [3.8, 4) is 5.75 Å². The van der Waals surface area contributed by atoms with Crippen LogP contribution < -0.4 is 21.1 Å². The summed E-state index contributed by atoms with van der Waals surface area (Å²) >= 11 is 0. The van der Waals surface area contributed by atoms with Gasteiger partial charge < -0.3 is 40.7 Å². The van der Waals surface area contributed by atoms with Gasteiger partial charge in [-0.05, 0) is 61.6 Å². The lowest BCUT2D eigenvalue weighted by Crippen LogP contribution is -2.73. The lowest BCUT2D eigenvalue weighted by Gasteiger charge is -2.35. The zero-order valence-corrected chi connectivity index (χ0v) is 33.6. The molecule has 9 atom stereocenters. The largest absolute Gasteiger partial charge is 0.497 e. The second-order valence-electron chi connectivity index (χ2n) is 15.9. The van der Waals surface area contributed by atoms with E-state index in [1.807, 2.05) is 41.5 Å². The van der Waals surface area contributed by atoms with Crippen molar-refractivity contribution in [2.24, 2.45) is 23.7 Å². The maximum Gasteiger partial charge on any atom is 0.329 e. The predicted octanol–water partition coefficient (Wildman–Crippen LogP) is 1.66. The number of aliphatic hydroxyl groups excluding tert-OH is 1. The number of cyclic esters (lactones) is 1. The Balaban J connectivity index is 2.09. The molecule has 1 aromatic carbocycles. The van der Waals surface area contributed by atoms with Gasteiger partial charge in [0, 0.05) is 38.8 Å². The Hall–Kier alpha value is -4.04. The summed E-state index contributed by atoms with van der Waals surface area (Å²) in [6, 6.07) is 2.16. The number of esters is 1. The van der Waals surface area contributed by atoms with E-state index in [-0.39, 0.29) is 49.3 Å². The van der Waals surface area contributed by atoms with E-state index in [4.69, 9.17) is 9.47 Å². The monoisotopic (exact) mass is 758 g/mol. The quantitative estimate of drug-likeness (QED) is 0.285. The van der Waals surface area contributed by atoms with Gasteiger partial charge in [-0.2, -0.15) is 0 Å². The molecule has 0 bridgehead atoms. The molecule has 4 amide bonds. The summed E-state index contributed by atoms with van der Waals surface area (Å²) < 4.78 is 11.1. The van der Waals surface area contributed by atoms with Crippen LogP contribution in [0.25, 0.3) is 0 Å². The van der Waals surface area contributed by atoms with Crippen LogP contribution in [0.3, 0.4) is 0 Å². The summed E-state index contributed by atoms with van der Waals surface area (Å²) in [5, 5.41) is 17.1. The number of likely N-dealkylation sites (N-methyl/N-ethyl adjacent to an activating group) is 1. The number of rotatable bonds is 8. The molecule has 2 aliphatic heterocycles. The lowest BCUT2D eigenvalue weighted by molar-refractivity contribution is -0.419. The van der Waals surface area contributed by atoms with Crippen molar-refractivity contribution in [3.05, 3.63) is 29.8 Å². The number of amides is 4. The highest BCUT2D eigenvalue weighted by atomic mass is 16.5. The molecule has 2 heterocycles. The minimum absolute atomic E-state index is 0.0117. The Morgan fingerprint density at radius 1 is 0.963 bits per heavy atom. The SMILES string of the molecule is CC[C@H](C)[C@H]1NC(=O)[C@@H]([NH3+])[C@@H](C)OC(=O)[C@H](Cc2ccc(OC)cc2)N(C)C(=O)[C@@H]2CCCN2C(=O)[C@H](CC(C)C)NC(=O)[C@H](C(C)C)CC(=O)C[C@@H]1O. The van der Waals surface area contributed by atoms with E-state index in [0.717, 1.165) is 5.56 Å². The molecule has 3 rings (SSSR count). The molecule has 2 aliphatic rings. The molecule has 0 spiro atoms. The normalized spacial score (nSPS) is 29.4. The molecular weight excluding hydrogens is 694 g/mol. The Labute approximate surface area is 320 Å². The molecule has 0 aliphatic carbocycles. The first-order valence-corrected chi connectivity index (χ1v) is 19.4. The summed E-state index contributed by atoms with van der Waals surface area (Å²) in [5.41, 5.74) is 4.70. The van der Waals surface area contributed by atoms with Crippen LogP contribution in [0, 0.1) is 23.7 Å². The average Bonchev–Trinajstić information content (AvgIpc) is 3.62. The molecule has 54 heavy (non-hydrogen) atoms. The van der Waals surface area contributed by atoms with Crippen LogP contribution in [-0.2, 0) is 39.9 Å². The minimum Gasteiger partial charge on any atom is -0.497 e. The highest BCUT2D eigenvalue weighted by molar-refractivity contribution is 5.95. The van der Waals surface area contributed by atoms with Gasteiger partial charge in [0.2, 0.25) is 23.8 Å². The fraction of sp³-hybridized carbons (Fsp3) is 0.700. The summed E-state index contributed by atoms with van der Waals surface area (Å²) in [4.78, 5) is 86.3. The number of nitrogens with one attached hydrogen (secondary N) is 2. The summed E-state index contributed by atoms with van der Waals surface area (Å²) in [7, 11) is 3.05. The number of benzene rings is 1. The van der Waals surface area contributed by atoms with E-state index in [2.05, 4.69) is 16.4 Å². The minimum atomic E-state index is -1.26. The van der Waals surface area contributed by atoms with Crippen LogP contribution in [0.1, 0.15) is 92.6 Å². The molecule has 14 heteroatoms. The summed E-state index contributed by atoms with van der Waals surface area (Å²) in [6.45, 7) is 13.1. The first kappa shape index (κ1) is 44.4. The number of fused-ring (bicyclic) bond motifs is 1. The number of aliphatic hydroxyl groups is 1. The van der Waals surface area contributed by atoms with Gasteiger partial charge in [-0.15, -0.1) is 0 Å². The van der Waals surface area contributed by atoms with Crippen molar-refractivity contribution in [2.45, 2.75) is 136 Å². The Kier molecular flexibility index (Phi) is 16.5. The number of quaternary nitrogens is 1. The van der Waals surface area contributed by atoms with Crippen LogP contribution in [0.2, 0.25) is 0 Å². The molecule has 0 aromatic heterocycles. The number of carbonyl (C=O) groups excluding carboxylic acids is 6. The van der Waals surface area contributed by atoms with E-state index in [1.54, 1.807) is 31.4 Å². The molecule has 302 valence electrons. The molecule has 2 saturated heterocycles. The highest BCUT2D eigenvalue weighted by Crippen LogP contribution is 2.26. The molecule has 0 unspecified atom stereocenters. The van der Waals surface area contributed by atoms with E-state index in [9.17, 15) is 33.9 Å². The fourth-order valence-electron chi connectivity index (χ4n) is 7.23. The van der Waals surface area contributed by atoms with Crippen LogP contribution in [0.15, 0.2) is 24.3 Å².